The van der Waals surface area contributed by atoms with Crippen molar-refractivity contribution in [3.05, 3.63) is 11.7 Å². The Morgan fingerprint density at radius 2 is 1.71 bits per heavy atom. The van der Waals surface area contributed by atoms with Crippen molar-refractivity contribution in [3.63, 3.8) is 0 Å². The minimum absolute atomic E-state index is 0.269. The molecule has 1 saturated heterocycles. The Bertz CT molecular complexity index is 497. The van der Waals surface area contributed by atoms with Crippen molar-refractivity contribution in [3.8, 4) is 0 Å². The maximum Gasteiger partial charge on any atom is 0.243 e. The Labute approximate surface area is 126 Å². The Balaban J connectivity index is 1.44. The summed E-state index contributed by atoms with van der Waals surface area (Å²) in [6, 6.07) is 0.300. The van der Waals surface area contributed by atoms with Gasteiger partial charge in [-0.3, -0.25) is 0 Å². The summed E-state index contributed by atoms with van der Waals surface area (Å²) in [5, 5.41) is 7.98. The van der Waals surface area contributed by atoms with Crippen LogP contribution in [0.3, 0.4) is 0 Å². The maximum atomic E-state index is 5.67. The van der Waals surface area contributed by atoms with Crippen molar-refractivity contribution in [1.29, 1.82) is 0 Å². The third-order valence-electron chi connectivity index (χ3n) is 6.56. The Morgan fingerprint density at radius 1 is 1.00 bits per heavy atom. The fourth-order valence-corrected chi connectivity index (χ4v) is 6.04. The second-order valence-corrected chi connectivity index (χ2v) is 8.16. The number of hydrogen-bond donors (Lipinski definition) is 1. The van der Waals surface area contributed by atoms with Crippen molar-refractivity contribution >= 4 is 0 Å². The van der Waals surface area contributed by atoms with Crippen LogP contribution in [0.1, 0.15) is 75.5 Å². The monoisotopic (exact) mass is 287 g/mol. The van der Waals surface area contributed by atoms with E-state index in [0.717, 1.165) is 42.4 Å². The molecule has 0 aromatic carbocycles. The lowest BCUT2D eigenvalue weighted by Gasteiger charge is -2.55. The quantitative estimate of drug-likeness (QED) is 0.906. The van der Waals surface area contributed by atoms with Crippen molar-refractivity contribution in [1.82, 2.24) is 15.5 Å². The number of aromatic nitrogens is 2. The number of nitrogens with one attached hydrogen (secondary N) is 1. The molecule has 1 atom stereocenters. The Kier molecular flexibility index (Phi) is 2.73. The topological polar surface area (TPSA) is 51.0 Å². The molecule has 4 heteroatoms. The van der Waals surface area contributed by atoms with Gasteiger partial charge in [0.1, 0.15) is 0 Å². The lowest BCUT2D eigenvalue weighted by Crippen LogP contribution is -2.49. The molecule has 4 saturated carbocycles. The van der Waals surface area contributed by atoms with Gasteiger partial charge < -0.3 is 9.84 Å². The van der Waals surface area contributed by atoms with Crippen molar-refractivity contribution in [2.75, 3.05) is 6.54 Å². The van der Waals surface area contributed by atoms with Crippen LogP contribution in [0.5, 0.6) is 0 Å². The number of hydrogen-bond acceptors (Lipinski definition) is 4. The molecular formula is C17H25N3O. The first-order valence-electron chi connectivity index (χ1n) is 8.88. The fourth-order valence-electron chi connectivity index (χ4n) is 6.04. The third kappa shape index (κ3) is 1.98. The van der Waals surface area contributed by atoms with Gasteiger partial charge in [-0.2, -0.15) is 4.98 Å². The molecule has 5 fully saturated rings. The van der Waals surface area contributed by atoms with Crippen LogP contribution in [0.4, 0.5) is 0 Å². The zero-order valence-corrected chi connectivity index (χ0v) is 12.7. The molecule has 1 aromatic rings. The van der Waals surface area contributed by atoms with E-state index in [1.165, 1.54) is 51.4 Å². The second-order valence-electron chi connectivity index (χ2n) is 8.16. The standard InChI is InChI=1S/C17H25N3O/c1-2-4-18-14(3-1)15-19-16(20-21-15)17-8-11-5-12(9-17)7-13(6-11)10-17/h11-14,18H,1-10H2. The first-order chi connectivity index (χ1) is 10.3. The number of piperidine rings is 1. The lowest BCUT2D eigenvalue weighted by atomic mass is 9.49. The van der Waals surface area contributed by atoms with Gasteiger partial charge in [0.05, 0.1) is 6.04 Å². The molecule has 1 aliphatic heterocycles. The largest absolute Gasteiger partial charge is 0.338 e. The minimum Gasteiger partial charge on any atom is -0.338 e. The van der Waals surface area contributed by atoms with E-state index in [4.69, 9.17) is 9.51 Å². The summed E-state index contributed by atoms with van der Waals surface area (Å²) in [4.78, 5) is 4.88. The summed E-state index contributed by atoms with van der Waals surface area (Å²) < 4.78 is 5.67. The van der Waals surface area contributed by atoms with Gasteiger partial charge in [0.15, 0.2) is 5.82 Å². The lowest BCUT2D eigenvalue weighted by molar-refractivity contribution is -0.0103. The van der Waals surface area contributed by atoms with Crippen LogP contribution in [0.2, 0.25) is 0 Å². The molecule has 0 spiro atoms. The van der Waals surface area contributed by atoms with Crippen LogP contribution in [-0.4, -0.2) is 16.7 Å². The van der Waals surface area contributed by atoms with Crippen LogP contribution in [0.15, 0.2) is 4.52 Å². The summed E-state index contributed by atoms with van der Waals surface area (Å²) in [6.07, 6.45) is 12.0. The number of nitrogens with zero attached hydrogens (tertiary/aromatic N) is 2. The van der Waals surface area contributed by atoms with Gasteiger partial charge in [0.2, 0.25) is 5.89 Å². The Morgan fingerprint density at radius 3 is 2.33 bits per heavy atom. The first-order valence-corrected chi connectivity index (χ1v) is 8.88. The molecule has 6 rings (SSSR count). The molecular weight excluding hydrogens is 262 g/mol. The highest BCUT2D eigenvalue weighted by molar-refractivity contribution is 5.17. The predicted octanol–water partition coefficient (Wildman–Crippen LogP) is 3.35. The molecule has 2 heterocycles. The van der Waals surface area contributed by atoms with Gasteiger partial charge in [-0.05, 0) is 75.7 Å². The number of rotatable bonds is 2. The van der Waals surface area contributed by atoms with Crippen LogP contribution < -0.4 is 5.32 Å². The van der Waals surface area contributed by atoms with Crippen LogP contribution in [0, 0.1) is 17.8 Å². The average molecular weight is 287 g/mol. The maximum absolute atomic E-state index is 5.67. The fraction of sp³-hybridized carbons (Fsp3) is 0.882. The van der Waals surface area contributed by atoms with Gasteiger partial charge in [-0.15, -0.1) is 0 Å². The summed E-state index contributed by atoms with van der Waals surface area (Å²) >= 11 is 0. The summed E-state index contributed by atoms with van der Waals surface area (Å²) in [7, 11) is 0. The van der Waals surface area contributed by atoms with Gasteiger partial charge in [-0.1, -0.05) is 11.6 Å². The summed E-state index contributed by atoms with van der Waals surface area (Å²) in [5.74, 6) is 4.70. The molecule has 4 nitrogen and oxygen atoms in total. The van der Waals surface area contributed by atoms with E-state index in [1.54, 1.807) is 0 Å². The summed E-state index contributed by atoms with van der Waals surface area (Å²) in [5.41, 5.74) is 0.269. The minimum atomic E-state index is 0.269. The molecule has 114 valence electrons. The van der Waals surface area contributed by atoms with Crippen molar-refractivity contribution in [2.45, 2.75) is 69.2 Å². The van der Waals surface area contributed by atoms with E-state index in [0.29, 0.717) is 6.04 Å². The molecule has 5 aliphatic rings. The predicted molar refractivity (Wildman–Crippen MR) is 78.7 cm³/mol. The zero-order valence-electron chi connectivity index (χ0n) is 12.7. The van der Waals surface area contributed by atoms with Gasteiger partial charge in [0.25, 0.3) is 0 Å². The highest BCUT2D eigenvalue weighted by atomic mass is 16.5. The third-order valence-corrected chi connectivity index (χ3v) is 6.56. The van der Waals surface area contributed by atoms with Crippen molar-refractivity contribution < 1.29 is 4.52 Å². The van der Waals surface area contributed by atoms with E-state index in [9.17, 15) is 0 Å². The van der Waals surface area contributed by atoms with E-state index >= 15 is 0 Å². The molecule has 21 heavy (non-hydrogen) atoms. The first kappa shape index (κ1) is 12.6. The van der Waals surface area contributed by atoms with Crippen LogP contribution in [0.25, 0.3) is 0 Å². The normalized spacial score (nSPS) is 45.1. The average Bonchev–Trinajstić information content (AvgIpc) is 2.97. The van der Waals surface area contributed by atoms with Gasteiger partial charge in [-0.25, -0.2) is 0 Å². The molecule has 1 N–H and O–H groups in total. The highest BCUT2D eigenvalue weighted by Crippen LogP contribution is 2.60. The zero-order chi connectivity index (χ0) is 13.9. The second kappa shape index (κ2) is 4.55. The summed E-state index contributed by atoms with van der Waals surface area (Å²) in [6.45, 7) is 1.08. The van der Waals surface area contributed by atoms with Crippen molar-refractivity contribution in [2.24, 2.45) is 17.8 Å². The highest BCUT2D eigenvalue weighted by Gasteiger charge is 2.53. The SMILES string of the molecule is C1CCC(c2nc(C34CC5CC(CC(C5)C3)C4)no2)NC1. The van der Waals surface area contributed by atoms with Gasteiger partial charge in [0, 0.05) is 5.41 Å². The van der Waals surface area contributed by atoms with E-state index < -0.39 is 0 Å². The molecule has 4 bridgehead atoms. The molecule has 0 amide bonds. The Hall–Kier alpha value is -0.900. The van der Waals surface area contributed by atoms with E-state index in [1.807, 2.05) is 0 Å². The van der Waals surface area contributed by atoms with E-state index in [-0.39, 0.29) is 5.41 Å². The molecule has 0 radical (unpaired) electrons. The van der Waals surface area contributed by atoms with Gasteiger partial charge >= 0.3 is 0 Å². The molecule has 1 unspecified atom stereocenters. The van der Waals surface area contributed by atoms with Crippen LogP contribution in [-0.2, 0) is 5.41 Å². The van der Waals surface area contributed by atoms with Crippen LogP contribution >= 0.6 is 0 Å². The molecule has 4 aliphatic carbocycles. The smallest absolute Gasteiger partial charge is 0.243 e. The molecule has 1 aromatic heterocycles. The van der Waals surface area contributed by atoms with E-state index in [2.05, 4.69) is 10.5 Å².